The monoisotopic (exact) mass is 361 g/mol. The van der Waals surface area contributed by atoms with Crippen molar-refractivity contribution in [3.8, 4) is 0 Å². The normalized spacial score (nSPS) is 10.4. The van der Waals surface area contributed by atoms with Gasteiger partial charge in [-0.15, -0.1) is 0 Å². The van der Waals surface area contributed by atoms with E-state index in [1.165, 1.54) is 22.6 Å². The van der Waals surface area contributed by atoms with Gasteiger partial charge in [-0.05, 0) is 35.7 Å². The molecule has 0 N–H and O–H groups in total. The van der Waals surface area contributed by atoms with Gasteiger partial charge in [0.25, 0.3) is 11.6 Å². The van der Waals surface area contributed by atoms with Gasteiger partial charge in [0, 0.05) is 12.3 Å². The molecule has 2 aromatic carbocycles. The SMILES string of the molecule is CCc1ccc(CN(C(=O)c2ccccc2[N+](=O)[O-])c2ccccn2)cc1. The Hall–Kier alpha value is -3.54. The number of hydrogen-bond donors (Lipinski definition) is 0. The number of aromatic nitrogens is 1. The number of para-hydroxylation sites is 1. The zero-order valence-electron chi connectivity index (χ0n) is 14.9. The minimum absolute atomic E-state index is 0.0401. The fourth-order valence-electron chi connectivity index (χ4n) is 2.79. The Kier molecular flexibility index (Phi) is 5.56. The van der Waals surface area contributed by atoms with Crippen LogP contribution in [0.5, 0.6) is 0 Å². The largest absolute Gasteiger partial charge is 0.288 e. The van der Waals surface area contributed by atoms with Crippen LogP contribution in [0, 0.1) is 10.1 Å². The molecule has 0 aliphatic heterocycles. The summed E-state index contributed by atoms with van der Waals surface area (Å²) in [6.45, 7) is 2.35. The molecule has 0 saturated carbocycles. The topological polar surface area (TPSA) is 76.3 Å². The molecule has 0 bridgehead atoms. The molecule has 136 valence electrons. The summed E-state index contributed by atoms with van der Waals surface area (Å²) in [5.74, 6) is -0.0132. The molecule has 0 aliphatic rings. The second-order valence-corrected chi connectivity index (χ2v) is 6.02. The number of anilines is 1. The lowest BCUT2D eigenvalue weighted by Crippen LogP contribution is -2.31. The number of aryl methyl sites for hydroxylation is 1. The molecule has 1 heterocycles. The lowest BCUT2D eigenvalue weighted by atomic mass is 10.1. The maximum atomic E-state index is 13.2. The van der Waals surface area contributed by atoms with E-state index in [0.29, 0.717) is 5.82 Å². The Bertz CT molecular complexity index is 940. The van der Waals surface area contributed by atoms with Gasteiger partial charge < -0.3 is 0 Å². The zero-order valence-corrected chi connectivity index (χ0v) is 14.9. The highest BCUT2D eigenvalue weighted by molar-refractivity contribution is 6.08. The fourth-order valence-corrected chi connectivity index (χ4v) is 2.79. The summed E-state index contributed by atoms with van der Waals surface area (Å²) < 4.78 is 0. The van der Waals surface area contributed by atoms with E-state index in [2.05, 4.69) is 11.9 Å². The number of amides is 1. The minimum atomic E-state index is -0.542. The van der Waals surface area contributed by atoms with Crippen molar-refractivity contribution in [1.29, 1.82) is 0 Å². The first-order chi connectivity index (χ1) is 13.1. The molecule has 0 saturated heterocycles. The molecule has 1 aromatic heterocycles. The van der Waals surface area contributed by atoms with Crippen LogP contribution in [-0.4, -0.2) is 15.8 Å². The van der Waals surface area contributed by atoms with E-state index in [1.54, 1.807) is 36.5 Å². The zero-order chi connectivity index (χ0) is 19.2. The van der Waals surface area contributed by atoms with E-state index in [1.807, 2.05) is 24.3 Å². The third-order valence-corrected chi connectivity index (χ3v) is 4.27. The molecule has 0 atom stereocenters. The van der Waals surface area contributed by atoms with Crippen LogP contribution in [0.25, 0.3) is 0 Å². The first kappa shape index (κ1) is 18.3. The Labute approximate surface area is 157 Å². The molecular formula is C21H19N3O3. The summed E-state index contributed by atoms with van der Waals surface area (Å²) >= 11 is 0. The number of nitro benzene ring substituents is 1. The first-order valence-electron chi connectivity index (χ1n) is 8.64. The molecule has 3 aromatic rings. The second kappa shape index (κ2) is 8.23. The molecule has 27 heavy (non-hydrogen) atoms. The number of rotatable bonds is 6. The van der Waals surface area contributed by atoms with Crippen molar-refractivity contribution in [1.82, 2.24) is 4.98 Å². The van der Waals surface area contributed by atoms with E-state index in [9.17, 15) is 14.9 Å². The molecule has 1 amide bonds. The molecule has 0 unspecified atom stereocenters. The van der Waals surface area contributed by atoms with Gasteiger partial charge in [-0.2, -0.15) is 0 Å². The van der Waals surface area contributed by atoms with Crippen LogP contribution in [0.2, 0.25) is 0 Å². The van der Waals surface area contributed by atoms with Crippen LogP contribution in [0.1, 0.15) is 28.4 Å². The third kappa shape index (κ3) is 4.17. The summed E-state index contributed by atoms with van der Waals surface area (Å²) in [4.78, 5) is 29.7. The quantitative estimate of drug-likeness (QED) is 0.482. The number of benzene rings is 2. The van der Waals surface area contributed by atoms with E-state index in [0.717, 1.165) is 12.0 Å². The number of nitro groups is 1. The van der Waals surface area contributed by atoms with Crippen LogP contribution >= 0.6 is 0 Å². The summed E-state index contributed by atoms with van der Waals surface area (Å²) in [6, 6.07) is 19.2. The molecule has 0 spiro atoms. The molecule has 0 aliphatic carbocycles. The number of pyridine rings is 1. The summed E-state index contributed by atoms with van der Waals surface area (Å²) in [5, 5.41) is 11.3. The third-order valence-electron chi connectivity index (χ3n) is 4.27. The fraction of sp³-hybridized carbons (Fsp3) is 0.143. The van der Waals surface area contributed by atoms with Crippen molar-refractivity contribution >= 4 is 17.4 Å². The molecule has 0 fully saturated rings. The predicted octanol–water partition coefficient (Wildman–Crippen LogP) is 4.40. The van der Waals surface area contributed by atoms with Gasteiger partial charge in [0.2, 0.25) is 0 Å². The van der Waals surface area contributed by atoms with Crippen LogP contribution in [-0.2, 0) is 13.0 Å². The first-order valence-corrected chi connectivity index (χ1v) is 8.64. The molecule has 6 heteroatoms. The van der Waals surface area contributed by atoms with Gasteiger partial charge in [0.15, 0.2) is 0 Å². The number of carbonyl (C=O) groups excluding carboxylic acids is 1. The van der Waals surface area contributed by atoms with E-state index < -0.39 is 10.8 Å². The minimum Gasteiger partial charge on any atom is -0.288 e. The molecule has 6 nitrogen and oxygen atoms in total. The van der Waals surface area contributed by atoms with Crippen molar-refractivity contribution in [2.75, 3.05) is 4.90 Å². The number of hydrogen-bond acceptors (Lipinski definition) is 4. The van der Waals surface area contributed by atoms with E-state index in [-0.39, 0.29) is 17.8 Å². The van der Waals surface area contributed by atoms with E-state index >= 15 is 0 Å². The Morgan fingerprint density at radius 2 is 1.67 bits per heavy atom. The predicted molar refractivity (Wildman–Crippen MR) is 104 cm³/mol. The Morgan fingerprint density at radius 3 is 2.30 bits per heavy atom. The average Bonchev–Trinajstić information content (AvgIpc) is 2.72. The maximum absolute atomic E-state index is 13.2. The van der Waals surface area contributed by atoms with E-state index in [4.69, 9.17) is 0 Å². The van der Waals surface area contributed by atoms with Gasteiger partial charge >= 0.3 is 0 Å². The molecular weight excluding hydrogens is 342 g/mol. The highest BCUT2D eigenvalue weighted by atomic mass is 16.6. The van der Waals surface area contributed by atoms with Gasteiger partial charge in [0.05, 0.1) is 11.5 Å². The molecule has 0 radical (unpaired) electrons. The second-order valence-electron chi connectivity index (χ2n) is 6.02. The highest BCUT2D eigenvalue weighted by Gasteiger charge is 2.26. The lowest BCUT2D eigenvalue weighted by molar-refractivity contribution is -0.385. The van der Waals surface area contributed by atoms with Gasteiger partial charge in [-0.3, -0.25) is 19.8 Å². The van der Waals surface area contributed by atoms with Gasteiger partial charge in [-0.25, -0.2) is 4.98 Å². The number of carbonyl (C=O) groups is 1. The molecule has 3 rings (SSSR count). The standard InChI is InChI=1S/C21H19N3O3/c1-2-16-10-12-17(13-11-16)15-23(20-9-5-6-14-22-20)21(25)18-7-3-4-8-19(18)24(26)27/h3-14H,2,15H2,1H3. The summed E-state index contributed by atoms with van der Waals surface area (Å²) in [6.07, 6.45) is 2.52. The van der Waals surface area contributed by atoms with Gasteiger partial charge in [0.1, 0.15) is 11.4 Å². The average molecular weight is 361 g/mol. The summed E-state index contributed by atoms with van der Waals surface area (Å²) in [7, 11) is 0. The van der Waals surface area contributed by atoms with Crippen molar-refractivity contribution in [3.63, 3.8) is 0 Å². The Balaban J connectivity index is 2.00. The van der Waals surface area contributed by atoms with Crippen LogP contribution in [0.3, 0.4) is 0 Å². The van der Waals surface area contributed by atoms with Crippen molar-refractivity contribution in [3.05, 3.63) is 99.7 Å². The highest BCUT2D eigenvalue weighted by Crippen LogP contribution is 2.24. The Morgan fingerprint density at radius 1 is 1.00 bits per heavy atom. The smallest absolute Gasteiger partial charge is 0.282 e. The number of nitrogens with zero attached hydrogens (tertiary/aromatic N) is 3. The van der Waals surface area contributed by atoms with Crippen LogP contribution in [0.15, 0.2) is 72.9 Å². The van der Waals surface area contributed by atoms with Crippen molar-refractivity contribution in [2.24, 2.45) is 0 Å². The van der Waals surface area contributed by atoms with Crippen molar-refractivity contribution < 1.29 is 9.72 Å². The van der Waals surface area contributed by atoms with Crippen molar-refractivity contribution in [2.45, 2.75) is 19.9 Å². The van der Waals surface area contributed by atoms with Crippen LogP contribution in [0.4, 0.5) is 11.5 Å². The maximum Gasteiger partial charge on any atom is 0.282 e. The summed E-state index contributed by atoms with van der Waals surface area (Å²) in [5.41, 5.74) is 1.95. The van der Waals surface area contributed by atoms with Gasteiger partial charge in [-0.1, -0.05) is 49.4 Å². The van der Waals surface area contributed by atoms with Crippen LogP contribution < -0.4 is 4.90 Å². The lowest BCUT2D eigenvalue weighted by Gasteiger charge is -2.22.